The number of benzene rings is 2. The average Bonchev–Trinajstić information content (AvgIpc) is 2.46. The fourth-order valence-corrected chi connectivity index (χ4v) is 3.59. The van der Waals surface area contributed by atoms with E-state index in [1.54, 1.807) is 12.1 Å². The van der Waals surface area contributed by atoms with Crippen molar-refractivity contribution in [1.82, 2.24) is 5.32 Å². The van der Waals surface area contributed by atoms with Gasteiger partial charge < -0.3 is 4.90 Å². The molecule has 0 saturated heterocycles. The zero-order valence-electron chi connectivity index (χ0n) is 12.1. The molecule has 0 radical (unpaired) electrons. The highest BCUT2D eigenvalue weighted by Gasteiger charge is 2.18. The molecule has 110 valence electrons. The van der Waals surface area contributed by atoms with E-state index in [-0.39, 0.29) is 12.4 Å². The highest BCUT2D eigenvalue weighted by Crippen LogP contribution is 2.30. The second kappa shape index (κ2) is 6.17. The molecule has 0 aliphatic carbocycles. The summed E-state index contributed by atoms with van der Waals surface area (Å²) in [5, 5.41) is 4.39. The SMILES string of the molecule is C#CCNCS(=O)(=O)c1cccc2c(N(C)C)cccc12. The molecule has 1 N–H and O–H groups in total. The Morgan fingerprint density at radius 2 is 1.81 bits per heavy atom. The molecule has 21 heavy (non-hydrogen) atoms. The topological polar surface area (TPSA) is 49.4 Å². The second-order valence-electron chi connectivity index (χ2n) is 4.91. The van der Waals surface area contributed by atoms with Gasteiger partial charge in [-0.05, 0) is 12.1 Å². The Hall–Kier alpha value is -2.03. The number of hydrogen-bond donors (Lipinski definition) is 1. The van der Waals surface area contributed by atoms with Crippen LogP contribution in [0.4, 0.5) is 5.69 Å². The molecule has 0 spiro atoms. The summed E-state index contributed by atoms with van der Waals surface area (Å²) < 4.78 is 24.9. The van der Waals surface area contributed by atoms with E-state index in [1.807, 2.05) is 43.3 Å². The van der Waals surface area contributed by atoms with Crippen LogP contribution in [0.15, 0.2) is 41.3 Å². The maximum Gasteiger partial charge on any atom is 0.191 e. The summed E-state index contributed by atoms with van der Waals surface area (Å²) in [5.74, 6) is 2.21. The Morgan fingerprint density at radius 1 is 1.14 bits per heavy atom. The van der Waals surface area contributed by atoms with Gasteiger partial charge in [-0.1, -0.05) is 30.2 Å². The van der Waals surface area contributed by atoms with E-state index < -0.39 is 9.84 Å². The predicted octanol–water partition coefficient (Wildman–Crippen LogP) is 1.86. The molecule has 2 aromatic rings. The fourth-order valence-electron chi connectivity index (χ4n) is 2.26. The molecule has 0 bridgehead atoms. The minimum Gasteiger partial charge on any atom is -0.377 e. The van der Waals surface area contributed by atoms with Gasteiger partial charge in [0.2, 0.25) is 0 Å². The van der Waals surface area contributed by atoms with E-state index in [2.05, 4.69) is 11.2 Å². The maximum atomic E-state index is 12.5. The van der Waals surface area contributed by atoms with Crippen molar-refractivity contribution in [2.75, 3.05) is 31.4 Å². The molecule has 2 aromatic carbocycles. The number of nitrogens with one attached hydrogen (secondary N) is 1. The van der Waals surface area contributed by atoms with Gasteiger partial charge in [-0.25, -0.2) is 8.42 Å². The fraction of sp³-hybridized carbons (Fsp3) is 0.250. The van der Waals surface area contributed by atoms with Crippen LogP contribution < -0.4 is 10.2 Å². The van der Waals surface area contributed by atoms with Crippen molar-refractivity contribution < 1.29 is 8.42 Å². The van der Waals surface area contributed by atoms with E-state index in [1.165, 1.54) is 0 Å². The summed E-state index contributed by atoms with van der Waals surface area (Å²) >= 11 is 0. The highest BCUT2D eigenvalue weighted by molar-refractivity contribution is 7.91. The lowest BCUT2D eigenvalue weighted by Gasteiger charge is -2.17. The molecule has 0 aromatic heterocycles. The summed E-state index contributed by atoms with van der Waals surface area (Å²) in [4.78, 5) is 2.29. The molecule has 0 atom stereocenters. The third-order valence-corrected chi connectivity index (χ3v) is 4.81. The molecule has 0 unspecified atom stereocenters. The third-order valence-electron chi connectivity index (χ3n) is 3.20. The van der Waals surface area contributed by atoms with Crippen LogP contribution in [-0.4, -0.2) is 34.9 Å². The van der Waals surface area contributed by atoms with Crippen LogP contribution in [0.2, 0.25) is 0 Å². The predicted molar refractivity (Wildman–Crippen MR) is 87.2 cm³/mol. The average molecular weight is 302 g/mol. The van der Waals surface area contributed by atoms with Gasteiger partial charge in [0.05, 0.1) is 11.4 Å². The third kappa shape index (κ3) is 3.18. The summed E-state index contributed by atoms with van der Waals surface area (Å²) in [6.45, 7) is 0.229. The van der Waals surface area contributed by atoms with Crippen molar-refractivity contribution >= 4 is 26.3 Å². The molecule has 5 heteroatoms. The van der Waals surface area contributed by atoms with Crippen LogP contribution >= 0.6 is 0 Å². The number of fused-ring (bicyclic) bond motifs is 1. The van der Waals surface area contributed by atoms with Gasteiger partial charge in [0, 0.05) is 30.6 Å². The summed E-state index contributed by atoms with van der Waals surface area (Å²) in [6.07, 6.45) is 5.13. The molecule has 0 heterocycles. The van der Waals surface area contributed by atoms with Crippen LogP contribution in [-0.2, 0) is 9.84 Å². The first-order valence-electron chi connectivity index (χ1n) is 6.53. The van der Waals surface area contributed by atoms with E-state index in [0.717, 1.165) is 16.5 Å². The molecule has 2 rings (SSSR count). The van der Waals surface area contributed by atoms with Crippen molar-refractivity contribution in [3.05, 3.63) is 36.4 Å². The van der Waals surface area contributed by atoms with Crippen molar-refractivity contribution in [1.29, 1.82) is 0 Å². The lowest BCUT2D eigenvalue weighted by Crippen LogP contribution is -2.23. The number of sulfone groups is 1. The molecular weight excluding hydrogens is 284 g/mol. The Morgan fingerprint density at radius 3 is 2.48 bits per heavy atom. The molecule has 0 saturated carbocycles. The lowest BCUT2D eigenvalue weighted by atomic mass is 10.1. The van der Waals surface area contributed by atoms with Crippen molar-refractivity contribution in [2.24, 2.45) is 0 Å². The molecule has 4 nitrogen and oxygen atoms in total. The summed E-state index contributed by atoms with van der Waals surface area (Å²) in [7, 11) is 0.443. The molecular formula is C16H18N2O2S. The van der Waals surface area contributed by atoms with Crippen LogP contribution in [0, 0.1) is 12.3 Å². The Labute approximate surface area is 125 Å². The van der Waals surface area contributed by atoms with E-state index in [9.17, 15) is 8.42 Å². The Balaban J connectivity index is 2.56. The minimum atomic E-state index is -3.43. The maximum absolute atomic E-state index is 12.5. The highest BCUT2D eigenvalue weighted by atomic mass is 32.2. The van der Waals surface area contributed by atoms with Gasteiger partial charge in [-0.15, -0.1) is 6.42 Å². The Kier molecular flexibility index (Phi) is 4.51. The van der Waals surface area contributed by atoms with Crippen molar-refractivity contribution in [3.8, 4) is 12.3 Å². The van der Waals surface area contributed by atoms with Crippen LogP contribution in [0.25, 0.3) is 10.8 Å². The number of rotatable bonds is 5. The smallest absolute Gasteiger partial charge is 0.191 e. The Bertz CT molecular complexity index is 790. The van der Waals surface area contributed by atoms with E-state index >= 15 is 0 Å². The normalized spacial score (nSPS) is 11.3. The second-order valence-corrected chi connectivity index (χ2v) is 6.87. The van der Waals surface area contributed by atoms with Crippen LogP contribution in [0.5, 0.6) is 0 Å². The van der Waals surface area contributed by atoms with E-state index in [0.29, 0.717) is 4.90 Å². The molecule has 0 amide bonds. The van der Waals surface area contributed by atoms with Crippen LogP contribution in [0.1, 0.15) is 0 Å². The lowest BCUT2D eigenvalue weighted by molar-refractivity contribution is 0.591. The number of terminal acetylenes is 1. The summed E-state index contributed by atoms with van der Waals surface area (Å²) in [5.41, 5.74) is 0.987. The van der Waals surface area contributed by atoms with Gasteiger partial charge in [0.25, 0.3) is 0 Å². The first-order chi connectivity index (χ1) is 9.97. The van der Waals surface area contributed by atoms with Crippen molar-refractivity contribution in [3.63, 3.8) is 0 Å². The van der Waals surface area contributed by atoms with Crippen molar-refractivity contribution in [2.45, 2.75) is 4.90 Å². The standard InChI is InChI=1S/C16H18N2O2S/c1-4-11-17-12-21(19,20)16-10-6-7-13-14(16)8-5-9-15(13)18(2)3/h1,5-10,17H,11-12H2,2-3H3. The molecule has 0 aliphatic heterocycles. The molecule has 0 aliphatic rings. The van der Waals surface area contributed by atoms with Gasteiger partial charge in [-0.3, -0.25) is 5.32 Å². The first kappa shape index (κ1) is 15.4. The zero-order valence-corrected chi connectivity index (χ0v) is 12.9. The van der Waals surface area contributed by atoms with Gasteiger partial charge in [0.1, 0.15) is 5.88 Å². The first-order valence-corrected chi connectivity index (χ1v) is 8.18. The van der Waals surface area contributed by atoms with Gasteiger partial charge in [0.15, 0.2) is 9.84 Å². The van der Waals surface area contributed by atoms with Gasteiger partial charge in [-0.2, -0.15) is 0 Å². The quantitative estimate of drug-likeness (QED) is 0.676. The van der Waals surface area contributed by atoms with Gasteiger partial charge >= 0.3 is 0 Å². The molecule has 0 fully saturated rings. The number of anilines is 1. The minimum absolute atomic E-state index is 0.164. The van der Waals surface area contributed by atoms with Crippen LogP contribution in [0.3, 0.4) is 0 Å². The van der Waals surface area contributed by atoms with E-state index in [4.69, 9.17) is 6.42 Å². The number of nitrogens with zero attached hydrogens (tertiary/aromatic N) is 1. The summed E-state index contributed by atoms with van der Waals surface area (Å²) in [6, 6.07) is 11.0. The number of hydrogen-bond acceptors (Lipinski definition) is 4. The largest absolute Gasteiger partial charge is 0.377 e. The zero-order chi connectivity index (χ0) is 15.5. The monoisotopic (exact) mass is 302 g/mol.